The fourth-order valence-corrected chi connectivity index (χ4v) is 1.56. The lowest BCUT2D eigenvalue weighted by atomic mass is 10.1. The Morgan fingerprint density at radius 1 is 1.13 bits per heavy atom. The third-order valence-corrected chi connectivity index (χ3v) is 2.67. The van der Waals surface area contributed by atoms with E-state index in [1.807, 2.05) is 0 Å². The van der Waals surface area contributed by atoms with Gasteiger partial charge in [0.15, 0.2) is 5.82 Å². The molecule has 0 aliphatic rings. The molecular formula is C10H5BrClFN2. The first-order valence-electron chi connectivity index (χ1n) is 4.10. The summed E-state index contributed by atoms with van der Waals surface area (Å²) in [5.41, 5.74) is 0.925. The summed E-state index contributed by atoms with van der Waals surface area (Å²) in [4.78, 5) is 7.57. The third kappa shape index (κ3) is 2.16. The van der Waals surface area contributed by atoms with E-state index in [0.717, 1.165) is 0 Å². The summed E-state index contributed by atoms with van der Waals surface area (Å²) in [5, 5.41) is 0.604. The van der Waals surface area contributed by atoms with Gasteiger partial charge in [0.25, 0.3) is 0 Å². The van der Waals surface area contributed by atoms with Gasteiger partial charge in [-0.3, -0.25) is 0 Å². The van der Waals surface area contributed by atoms with Crippen LogP contribution in [-0.4, -0.2) is 9.97 Å². The average molecular weight is 288 g/mol. The minimum atomic E-state index is -0.472. The van der Waals surface area contributed by atoms with Crippen molar-refractivity contribution in [2.45, 2.75) is 0 Å². The Hall–Kier alpha value is -1.00. The summed E-state index contributed by atoms with van der Waals surface area (Å²) >= 11 is 8.74. The van der Waals surface area contributed by atoms with Crippen molar-refractivity contribution in [3.05, 3.63) is 46.0 Å². The van der Waals surface area contributed by atoms with Crippen molar-refractivity contribution in [2.24, 2.45) is 0 Å². The van der Waals surface area contributed by atoms with Crippen LogP contribution >= 0.6 is 27.5 Å². The topological polar surface area (TPSA) is 25.8 Å². The SMILES string of the molecule is Fc1c(Br)ncnc1-c1ccc(Cl)cc1. The summed E-state index contributed by atoms with van der Waals surface area (Å²) in [5.74, 6) is -0.472. The van der Waals surface area contributed by atoms with Gasteiger partial charge in [0.2, 0.25) is 0 Å². The van der Waals surface area contributed by atoms with Gasteiger partial charge < -0.3 is 0 Å². The Bertz CT molecular complexity index is 487. The normalized spacial score (nSPS) is 10.3. The van der Waals surface area contributed by atoms with Crippen LogP contribution in [0.25, 0.3) is 11.3 Å². The second-order valence-electron chi connectivity index (χ2n) is 2.83. The van der Waals surface area contributed by atoms with Gasteiger partial charge >= 0.3 is 0 Å². The first-order chi connectivity index (χ1) is 7.18. The van der Waals surface area contributed by atoms with E-state index >= 15 is 0 Å². The maximum Gasteiger partial charge on any atom is 0.182 e. The average Bonchev–Trinajstić information content (AvgIpc) is 2.24. The van der Waals surface area contributed by atoms with E-state index in [4.69, 9.17) is 11.6 Å². The molecule has 0 amide bonds. The molecule has 0 radical (unpaired) electrons. The number of hydrogen-bond acceptors (Lipinski definition) is 2. The molecule has 0 atom stereocenters. The zero-order valence-corrected chi connectivity index (χ0v) is 9.76. The molecule has 2 aromatic rings. The molecule has 0 N–H and O–H groups in total. The molecule has 1 heterocycles. The number of halogens is 3. The van der Waals surface area contributed by atoms with Crippen LogP contribution in [0.4, 0.5) is 4.39 Å². The van der Waals surface area contributed by atoms with Crippen LogP contribution in [0.1, 0.15) is 0 Å². The van der Waals surface area contributed by atoms with Crippen LogP contribution in [0.3, 0.4) is 0 Å². The zero-order valence-electron chi connectivity index (χ0n) is 7.42. The zero-order chi connectivity index (χ0) is 10.8. The highest BCUT2D eigenvalue weighted by molar-refractivity contribution is 9.10. The van der Waals surface area contributed by atoms with Crippen LogP contribution in [-0.2, 0) is 0 Å². The molecule has 1 aromatic heterocycles. The monoisotopic (exact) mass is 286 g/mol. The van der Waals surface area contributed by atoms with E-state index in [9.17, 15) is 4.39 Å². The molecule has 2 nitrogen and oxygen atoms in total. The molecule has 0 spiro atoms. The van der Waals surface area contributed by atoms with Crippen LogP contribution in [0, 0.1) is 5.82 Å². The number of benzene rings is 1. The highest BCUT2D eigenvalue weighted by Crippen LogP contribution is 2.24. The largest absolute Gasteiger partial charge is 0.233 e. The van der Waals surface area contributed by atoms with Gasteiger partial charge in [-0.25, -0.2) is 14.4 Å². The van der Waals surface area contributed by atoms with Crippen molar-refractivity contribution in [3.63, 3.8) is 0 Å². The smallest absolute Gasteiger partial charge is 0.182 e. The fourth-order valence-electron chi connectivity index (χ4n) is 1.16. The van der Waals surface area contributed by atoms with Gasteiger partial charge in [0.1, 0.15) is 16.6 Å². The number of nitrogens with zero attached hydrogens (tertiary/aromatic N) is 2. The van der Waals surface area contributed by atoms with E-state index < -0.39 is 5.82 Å². The maximum atomic E-state index is 13.6. The Morgan fingerprint density at radius 3 is 2.47 bits per heavy atom. The van der Waals surface area contributed by atoms with Gasteiger partial charge in [-0.1, -0.05) is 23.7 Å². The van der Waals surface area contributed by atoms with Gasteiger partial charge in [0.05, 0.1) is 0 Å². The van der Waals surface area contributed by atoms with Crippen molar-refractivity contribution in [1.29, 1.82) is 0 Å². The van der Waals surface area contributed by atoms with E-state index in [-0.39, 0.29) is 10.3 Å². The van der Waals surface area contributed by atoms with E-state index in [1.54, 1.807) is 24.3 Å². The van der Waals surface area contributed by atoms with Crippen molar-refractivity contribution >= 4 is 27.5 Å². The highest BCUT2D eigenvalue weighted by atomic mass is 79.9. The molecule has 0 unspecified atom stereocenters. The van der Waals surface area contributed by atoms with Crippen molar-refractivity contribution in [3.8, 4) is 11.3 Å². The summed E-state index contributed by atoms with van der Waals surface area (Å²) in [7, 11) is 0. The lowest BCUT2D eigenvalue weighted by Gasteiger charge is -2.02. The second-order valence-corrected chi connectivity index (χ2v) is 4.02. The van der Waals surface area contributed by atoms with Crippen molar-refractivity contribution < 1.29 is 4.39 Å². The summed E-state index contributed by atoms with van der Waals surface area (Å²) in [6, 6.07) is 6.79. The Kier molecular flexibility index (Phi) is 2.98. The van der Waals surface area contributed by atoms with E-state index in [2.05, 4.69) is 25.9 Å². The van der Waals surface area contributed by atoms with Gasteiger partial charge in [-0.05, 0) is 28.1 Å². The predicted molar refractivity (Wildman–Crippen MR) is 60.1 cm³/mol. The molecule has 0 aliphatic heterocycles. The maximum absolute atomic E-state index is 13.6. The van der Waals surface area contributed by atoms with Crippen molar-refractivity contribution in [2.75, 3.05) is 0 Å². The Labute approximate surface area is 99.3 Å². The number of aromatic nitrogens is 2. The van der Waals surface area contributed by atoms with Crippen LogP contribution < -0.4 is 0 Å². The minimum absolute atomic E-state index is 0.155. The number of rotatable bonds is 1. The second kappa shape index (κ2) is 4.24. The van der Waals surface area contributed by atoms with Gasteiger partial charge in [-0.15, -0.1) is 0 Å². The molecule has 1 aromatic carbocycles. The summed E-state index contributed by atoms with van der Waals surface area (Å²) in [6.07, 6.45) is 1.30. The highest BCUT2D eigenvalue weighted by Gasteiger charge is 2.10. The molecule has 15 heavy (non-hydrogen) atoms. The predicted octanol–water partition coefficient (Wildman–Crippen LogP) is 3.70. The van der Waals surface area contributed by atoms with Gasteiger partial charge in [-0.2, -0.15) is 0 Å². The standard InChI is InChI=1S/C10H5BrClFN2/c11-10-8(13)9(14-5-15-10)6-1-3-7(12)4-2-6/h1-5H. The number of hydrogen-bond donors (Lipinski definition) is 0. The third-order valence-electron chi connectivity index (χ3n) is 1.86. The van der Waals surface area contributed by atoms with Crippen LogP contribution in [0.15, 0.2) is 35.2 Å². The Morgan fingerprint density at radius 2 is 1.80 bits per heavy atom. The molecule has 0 bridgehead atoms. The lowest BCUT2D eigenvalue weighted by molar-refractivity contribution is 0.609. The van der Waals surface area contributed by atoms with Crippen LogP contribution in [0.5, 0.6) is 0 Å². The summed E-state index contributed by atoms with van der Waals surface area (Å²) in [6.45, 7) is 0. The molecule has 5 heteroatoms. The molecular weight excluding hydrogens is 282 g/mol. The quantitative estimate of drug-likeness (QED) is 0.747. The molecule has 0 saturated heterocycles. The molecule has 0 saturated carbocycles. The van der Waals surface area contributed by atoms with Crippen molar-refractivity contribution in [1.82, 2.24) is 9.97 Å². The first kappa shape index (κ1) is 10.5. The van der Waals surface area contributed by atoms with Gasteiger partial charge in [0, 0.05) is 10.6 Å². The van der Waals surface area contributed by atoms with E-state index in [1.165, 1.54) is 6.33 Å². The first-order valence-corrected chi connectivity index (χ1v) is 5.27. The van der Waals surface area contributed by atoms with Crippen LogP contribution in [0.2, 0.25) is 5.02 Å². The lowest BCUT2D eigenvalue weighted by Crippen LogP contribution is -1.92. The van der Waals surface area contributed by atoms with E-state index in [0.29, 0.717) is 10.6 Å². The summed E-state index contributed by atoms with van der Waals surface area (Å²) < 4.78 is 13.7. The molecule has 0 fully saturated rings. The molecule has 2 rings (SSSR count). The molecule has 76 valence electrons. The Balaban J connectivity index is 2.54. The molecule has 0 aliphatic carbocycles. The fraction of sp³-hybridized carbons (Fsp3) is 0. The minimum Gasteiger partial charge on any atom is -0.233 e.